The second kappa shape index (κ2) is 6.80. The van der Waals surface area contributed by atoms with Crippen molar-refractivity contribution in [1.82, 2.24) is 0 Å². The van der Waals surface area contributed by atoms with Crippen LogP contribution in [0.25, 0.3) is 0 Å². The van der Waals surface area contributed by atoms with Crippen LogP contribution in [-0.4, -0.2) is 14.3 Å². The van der Waals surface area contributed by atoms with Crippen LogP contribution < -0.4 is 10.0 Å². The van der Waals surface area contributed by atoms with Gasteiger partial charge in [-0.15, -0.1) is 11.3 Å². The van der Waals surface area contributed by atoms with Gasteiger partial charge in [0.05, 0.1) is 3.79 Å². The summed E-state index contributed by atoms with van der Waals surface area (Å²) >= 11 is 4.38. The highest BCUT2D eigenvalue weighted by Crippen LogP contribution is 2.27. The summed E-state index contributed by atoms with van der Waals surface area (Å²) < 4.78 is 27.8. The molecule has 0 aliphatic heterocycles. The zero-order chi connectivity index (χ0) is 16.3. The van der Waals surface area contributed by atoms with E-state index in [9.17, 15) is 13.2 Å². The number of sulfonamides is 1. The Labute approximate surface area is 141 Å². The highest BCUT2D eigenvalue weighted by atomic mass is 79.9. The summed E-state index contributed by atoms with van der Waals surface area (Å²) in [6.07, 6.45) is 0. The van der Waals surface area contributed by atoms with Crippen molar-refractivity contribution in [3.63, 3.8) is 0 Å². The molecule has 0 aliphatic rings. The number of halogens is 1. The van der Waals surface area contributed by atoms with E-state index in [2.05, 4.69) is 26.0 Å². The largest absolute Gasteiger partial charge is 0.326 e. The molecule has 0 spiro atoms. The van der Waals surface area contributed by atoms with Gasteiger partial charge in [0, 0.05) is 17.3 Å². The summed E-state index contributed by atoms with van der Waals surface area (Å²) in [5.74, 6) is -0.202. The van der Waals surface area contributed by atoms with E-state index in [1.165, 1.54) is 6.07 Å². The van der Waals surface area contributed by atoms with E-state index in [1.54, 1.807) is 44.2 Å². The van der Waals surface area contributed by atoms with Crippen LogP contribution in [0.15, 0.2) is 44.4 Å². The van der Waals surface area contributed by atoms with Crippen LogP contribution in [0.2, 0.25) is 0 Å². The van der Waals surface area contributed by atoms with Gasteiger partial charge >= 0.3 is 0 Å². The third-order valence-electron chi connectivity index (χ3n) is 2.74. The van der Waals surface area contributed by atoms with Crippen molar-refractivity contribution in [3.8, 4) is 0 Å². The van der Waals surface area contributed by atoms with Gasteiger partial charge in [-0.05, 0) is 52.3 Å². The van der Waals surface area contributed by atoms with Gasteiger partial charge in [0.15, 0.2) is 0 Å². The lowest BCUT2D eigenvalue weighted by molar-refractivity contribution is -0.118. The van der Waals surface area contributed by atoms with Crippen molar-refractivity contribution in [2.24, 2.45) is 5.92 Å². The third-order valence-corrected chi connectivity index (χ3v) is 6.24. The zero-order valence-electron chi connectivity index (χ0n) is 12.0. The van der Waals surface area contributed by atoms with Crippen molar-refractivity contribution < 1.29 is 13.2 Å². The summed E-state index contributed by atoms with van der Waals surface area (Å²) in [5, 5.41) is 2.75. The van der Waals surface area contributed by atoms with Crippen molar-refractivity contribution in [1.29, 1.82) is 0 Å². The number of carbonyl (C=O) groups is 1. The first-order valence-corrected chi connectivity index (χ1v) is 9.56. The van der Waals surface area contributed by atoms with E-state index in [1.807, 2.05) is 0 Å². The topological polar surface area (TPSA) is 75.3 Å². The number of hydrogen-bond donors (Lipinski definition) is 2. The molecule has 1 amide bonds. The Morgan fingerprint density at radius 1 is 1.09 bits per heavy atom. The van der Waals surface area contributed by atoms with Gasteiger partial charge in [-0.25, -0.2) is 8.42 Å². The fourth-order valence-electron chi connectivity index (χ4n) is 1.56. The SMILES string of the molecule is CC(C)C(=O)Nc1ccc(NS(=O)(=O)c2ccc(Br)s2)cc1. The molecule has 22 heavy (non-hydrogen) atoms. The molecule has 2 rings (SSSR count). The quantitative estimate of drug-likeness (QED) is 0.795. The monoisotopic (exact) mass is 402 g/mol. The van der Waals surface area contributed by atoms with E-state index in [0.717, 1.165) is 15.1 Å². The normalized spacial score (nSPS) is 11.5. The number of hydrogen-bond acceptors (Lipinski definition) is 4. The number of rotatable bonds is 5. The van der Waals surface area contributed by atoms with E-state index >= 15 is 0 Å². The maximum absolute atomic E-state index is 12.2. The predicted molar refractivity (Wildman–Crippen MR) is 92.7 cm³/mol. The minimum Gasteiger partial charge on any atom is -0.326 e. The molecular formula is C14H15BrN2O3S2. The summed E-state index contributed by atoms with van der Waals surface area (Å²) in [7, 11) is -3.59. The molecular weight excluding hydrogens is 388 g/mol. The fourth-order valence-corrected chi connectivity index (χ4v) is 4.62. The van der Waals surface area contributed by atoms with Crippen molar-refractivity contribution >= 4 is 54.6 Å². The molecule has 8 heteroatoms. The molecule has 0 saturated carbocycles. The van der Waals surface area contributed by atoms with E-state index in [0.29, 0.717) is 11.4 Å². The van der Waals surface area contributed by atoms with Crippen molar-refractivity contribution in [2.45, 2.75) is 18.1 Å². The molecule has 1 heterocycles. The third kappa shape index (κ3) is 4.31. The molecule has 5 nitrogen and oxygen atoms in total. The molecule has 0 radical (unpaired) electrons. The average molecular weight is 403 g/mol. The Morgan fingerprint density at radius 3 is 2.18 bits per heavy atom. The highest BCUT2D eigenvalue weighted by Gasteiger charge is 2.16. The van der Waals surface area contributed by atoms with Gasteiger partial charge in [-0.2, -0.15) is 0 Å². The second-order valence-corrected chi connectivity index (χ2v) is 9.26. The minimum atomic E-state index is -3.59. The summed E-state index contributed by atoms with van der Waals surface area (Å²) in [5.41, 5.74) is 1.06. The van der Waals surface area contributed by atoms with E-state index in [-0.39, 0.29) is 16.0 Å². The summed E-state index contributed by atoms with van der Waals surface area (Å²) in [6.45, 7) is 3.61. The Morgan fingerprint density at radius 2 is 1.68 bits per heavy atom. The molecule has 1 aromatic carbocycles. The molecule has 118 valence electrons. The highest BCUT2D eigenvalue weighted by molar-refractivity contribution is 9.11. The first kappa shape index (κ1) is 17.0. The van der Waals surface area contributed by atoms with Crippen LogP contribution in [0.4, 0.5) is 11.4 Å². The Hall–Kier alpha value is -1.38. The van der Waals surface area contributed by atoms with Crippen molar-refractivity contribution in [3.05, 3.63) is 40.2 Å². The molecule has 2 aromatic rings. The van der Waals surface area contributed by atoms with Gasteiger partial charge in [0.1, 0.15) is 4.21 Å². The maximum atomic E-state index is 12.2. The second-order valence-electron chi connectivity index (χ2n) is 4.89. The van der Waals surface area contributed by atoms with Gasteiger partial charge < -0.3 is 5.32 Å². The minimum absolute atomic E-state index is 0.0863. The van der Waals surface area contributed by atoms with E-state index in [4.69, 9.17) is 0 Å². The van der Waals surface area contributed by atoms with Gasteiger partial charge in [0.25, 0.3) is 10.0 Å². The lowest BCUT2D eigenvalue weighted by Crippen LogP contribution is -2.17. The molecule has 0 aliphatic carbocycles. The first-order chi connectivity index (χ1) is 10.3. The molecule has 0 fully saturated rings. The number of thiophene rings is 1. The number of nitrogens with one attached hydrogen (secondary N) is 2. The first-order valence-electron chi connectivity index (χ1n) is 6.47. The van der Waals surface area contributed by atoms with Crippen LogP contribution in [0.5, 0.6) is 0 Å². The Balaban J connectivity index is 2.10. The Bertz CT molecular complexity index is 768. The van der Waals surface area contributed by atoms with Crippen LogP contribution in [0.1, 0.15) is 13.8 Å². The molecule has 0 saturated heterocycles. The summed E-state index contributed by atoms with van der Waals surface area (Å²) in [4.78, 5) is 11.6. The number of benzene rings is 1. The molecule has 2 N–H and O–H groups in total. The van der Waals surface area contributed by atoms with Crippen LogP contribution in [0.3, 0.4) is 0 Å². The van der Waals surface area contributed by atoms with Gasteiger partial charge in [-0.3, -0.25) is 9.52 Å². The average Bonchev–Trinajstić information content (AvgIpc) is 2.88. The van der Waals surface area contributed by atoms with Crippen LogP contribution in [0, 0.1) is 5.92 Å². The molecule has 1 aromatic heterocycles. The Kier molecular flexibility index (Phi) is 5.25. The molecule has 0 bridgehead atoms. The lowest BCUT2D eigenvalue weighted by Gasteiger charge is -2.09. The fraction of sp³-hybridized carbons (Fsp3) is 0.214. The van der Waals surface area contributed by atoms with Gasteiger partial charge in [-0.1, -0.05) is 13.8 Å². The number of amides is 1. The number of carbonyl (C=O) groups excluding carboxylic acids is 1. The lowest BCUT2D eigenvalue weighted by atomic mass is 10.2. The zero-order valence-corrected chi connectivity index (χ0v) is 15.2. The molecule has 0 atom stereocenters. The number of anilines is 2. The van der Waals surface area contributed by atoms with Crippen molar-refractivity contribution in [2.75, 3.05) is 10.0 Å². The van der Waals surface area contributed by atoms with Crippen LogP contribution >= 0.6 is 27.3 Å². The standard InChI is InChI=1S/C14H15BrN2O3S2/c1-9(2)14(18)16-10-3-5-11(6-4-10)17-22(19,20)13-8-7-12(15)21-13/h3-9,17H,1-2H3,(H,16,18). The smallest absolute Gasteiger partial charge is 0.271 e. The summed E-state index contributed by atoms with van der Waals surface area (Å²) in [6, 6.07) is 9.75. The maximum Gasteiger partial charge on any atom is 0.271 e. The predicted octanol–water partition coefficient (Wildman–Crippen LogP) is 3.91. The van der Waals surface area contributed by atoms with Crippen LogP contribution in [-0.2, 0) is 14.8 Å². The van der Waals surface area contributed by atoms with Gasteiger partial charge in [0.2, 0.25) is 5.91 Å². The molecule has 0 unspecified atom stereocenters. The van der Waals surface area contributed by atoms with E-state index < -0.39 is 10.0 Å².